The molecule has 3 N–H and O–H groups in total. The lowest BCUT2D eigenvalue weighted by atomic mass is 10.1. The van der Waals surface area contributed by atoms with Gasteiger partial charge in [0.25, 0.3) is 0 Å². The fourth-order valence-corrected chi connectivity index (χ4v) is 2.18. The third kappa shape index (κ3) is 1.78. The van der Waals surface area contributed by atoms with E-state index in [1.165, 1.54) is 10.9 Å². The number of aliphatic hydroxyl groups is 3. The van der Waals surface area contributed by atoms with Crippen LogP contribution in [0.2, 0.25) is 0 Å². The van der Waals surface area contributed by atoms with Crippen LogP contribution >= 0.6 is 0 Å². The van der Waals surface area contributed by atoms with Crippen molar-refractivity contribution >= 4 is 11.2 Å². The Morgan fingerprint density at radius 3 is 2.79 bits per heavy atom. The topological polar surface area (TPSA) is 126 Å². The molecule has 1 aliphatic heterocycles. The second kappa shape index (κ2) is 4.46. The highest BCUT2D eigenvalue weighted by Gasteiger charge is 2.44. The van der Waals surface area contributed by atoms with E-state index in [1.807, 2.05) is 0 Å². The lowest BCUT2D eigenvalue weighted by Crippen LogP contribution is -2.33. The molecule has 2 aromatic rings. The van der Waals surface area contributed by atoms with Crippen molar-refractivity contribution in [2.45, 2.75) is 31.5 Å². The van der Waals surface area contributed by atoms with E-state index in [-0.39, 0.29) is 6.61 Å². The fourth-order valence-electron chi connectivity index (χ4n) is 2.18. The van der Waals surface area contributed by atoms with E-state index in [0.717, 1.165) is 0 Å². The van der Waals surface area contributed by atoms with E-state index in [2.05, 4.69) is 20.4 Å². The number of rotatable bonds is 2. The van der Waals surface area contributed by atoms with Gasteiger partial charge in [-0.15, -0.1) is 10.2 Å². The minimum absolute atomic E-state index is 0.381. The van der Waals surface area contributed by atoms with Crippen LogP contribution in [0.4, 0.5) is 0 Å². The molecule has 1 saturated heterocycles. The third-order valence-corrected chi connectivity index (χ3v) is 3.24. The van der Waals surface area contributed by atoms with E-state index in [1.54, 1.807) is 6.92 Å². The van der Waals surface area contributed by atoms with Crippen molar-refractivity contribution in [1.82, 2.24) is 25.0 Å². The number of aromatic nitrogens is 5. The van der Waals surface area contributed by atoms with Crippen molar-refractivity contribution in [2.75, 3.05) is 6.61 Å². The number of hydrogen-bond acceptors (Lipinski definition) is 8. The van der Waals surface area contributed by atoms with Crippen molar-refractivity contribution in [3.05, 3.63) is 12.0 Å². The lowest BCUT2D eigenvalue weighted by molar-refractivity contribution is -0.0511. The molecule has 9 nitrogen and oxygen atoms in total. The molecule has 102 valence electrons. The Hall–Kier alpha value is -1.68. The molecule has 3 heterocycles. The molecule has 1 aliphatic rings. The van der Waals surface area contributed by atoms with Crippen LogP contribution in [0.15, 0.2) is 6.33 Å². The molecule has 0 spiro atoms. The van der Waals surface area contributed by atoms with Gasteiger partial charge in [-0.05, 0) is 12.1 Å². The summed E-state index contributed by atoms with van der Waals surface area (Å²) < 4.78 is 6.89. The maximum Gasteiger partial charge on any atom is 0.188 e. The standard InChI is InChI=1S/C10H13N5O4/c1-4-6-9(13-14-12-4)15(3-11-6)10-8(18)7(17)5(2-16)19-10/h3,5,7-8,10,16-18H,2H2,1H3/t5-,7-,8-,10-/m1/s1. The Balaban J connectivity index is 2.04. The third-order valence-electron chi connectivity index (χ3n) is 3.24. The average Bonchev–Trinajstić information content (AvgIpc) is 2.94. The summed E-state index contributed by atoms with van der Waals surface area (Å²) in [5.74, 6) is 0. The Morgan fingerprint density at radius 2 is 2.11 bits per heavy atom. The van der Waals surface area contributed by atoms with Gasteiger partial charge in [-0.3, -0.25) is 4.57 Å². The highest BCUT2D eigenvalue weighted by Crippen LogP contribution is 2.31. The van der Waals surface area contributed by atoms with Crippen LogP contribution in [0.3, 0.4) is 0 Å². The highest BCUT2D eigenvalue weighted by atomic mass is 16.6. The molecular weight excluding hydrogens is 254 g/mol. The summed E-state index contributed by atoms with van der Waals surface area (Å²) in [7, 11) is 0. The van der Waals surface area contributed by atoms with E-state index in [4.69, 9.17) is 9.84 Å². The number of ether oxygens (including phenoxy) is 1. The van der Waals surface area contributed by atoms with Gasteiger partial charge in [0.1, 0.15) is 23.8 Å². The summed E-state index contributed by atoms with van der Waals surface area (Å²) >= 11 is 0. The normalized spacial score (nSPS) is 31.2. The Bertz CT molecular complexity index is 603. The molecule has 3 rings (SSSR count). The monoisotopic (exact) mass is 267 g/mol. The molecule has 0 amide bonds. The molecule has 19 heavy (non-hydrogen) atoms. The summed E-state index contributed by atoms with van der Waals surface area (Å²) in [5.41, 5.74) is 1.56. The van der Waals surface area contributed by atoms with Crippen LogP contribution in [0.1, 0.15) is 11.9 Å². The van der Waals surface area contributed by atoms with E-state index in [9.17, 15) is 10.2 Å². The second-order valence-corrected chi connectivity index (χ2v) is 4.43. The number of aryl methyl sites for hydroxylation is 1. The minimum atomic E-state index is -1.18. The summed E-state index contributed by atoms with van der Waals surface area (Å²) in [4.78, 5) is 4.14. The summed E-state index contributed by atoms with van der Waals surface area (Å²) in [6, 6.07) is 0. The zero-order chi connectivity index (χ0) is 13.6. The first-order chi connectivity index (χ1) is 9.13. The largest absolute Gasteiger partial charge is 0.394 e. The molecular formula is C10H13N5O4. The molecule has 2 aromatic heterocycles. The highest BCUT2D eigenvalue weighted by molar-refractivity contribution is 5.72. The number of nitrogens with zero attached hydrogens (tertiary/aromatic N) is 5. The summed E-state index contributed by atoms with van der Waals surface area (Å²) in [6.45, 7) is 1.36. The quantitative estimate of drug-likeness (QED) is 0.578. The number of fused-ring (bicyclic) bond motifs is 1. The predicted molar refractivity (Wildman–Crippen MR) is 60.9 cm³/mol. The number of hydrogen-bond donors (Lipinski definition) is 3. The zero-order valence-electron chi connectivity index (χ0n) is 10.1. The van der Waals surface area contributed by atoms with Crippen molar-refractivity contribution < 1.29 is 20.1 Å². The van der Waals surface area contributed by atoms with Crippen LogP contribution in [0, 0.1) is 6.92 Å². The molecule has 4 atom stereocenters. The van der Waals surface area contributed by atoms with Crippen molar-refractivity contribution in [1.29, 1.82) is 0 Å². The zero-order valence-corrected chi connectivity index (χ0v) is 10.1. The van der Waals surface area contributed by atoms with Gasteiger partial charge in [-0.25, -0.2) is 4.98 Å². The van der Waals surface area contributed by atoms with Crippen LogP contribution in [-0.4, -0.2) is 65.2 Å². The van der Waals surface area contributed by atoms with Gasteiger partial charge in [0.2, 0.25) is 0 Å². The van der Waals surface area contributed by atoms with Gasteiger partial charge in [0.05, 0.1) is 18.6 Å². The smallest absolute Gasteiger partial charge is 0.188 e. The molecule has 0 aromatic carbocycles. The minimum Gasteiger partial charge on any atom is -0.394 e. The van der Waals surface area contributed by atoms with Crippen molar-refractivity contribution in [3.63, 3.8) is 0 Å². The van der Waals surface area contributed by atoms with Crippen molar-refractivity contribution in [2.24, 2.45) is 0 Å². The van der Waals surface area contributed by atoms with Gasteiger partial charge in [0, 0.05) is 0 Å². The van der Waals surface area contributed by atoms with E-state index >= 15 is 0 Å². The van der Waals surface area contributed by atoms with Gasteiger partial charge in [-0.1, -0.05) is 0 Å². The Kier molecular flexibility index (Phi) is 2.90. The van der Waals surface area contributed by atoms with Gasteiger partial charge < -0.3 is 20.1 Å². The molecule has 1 fully saturated rings. The van der Waals surface area contributed by atoms with E-state index in [0.29, 0.717) is 16.9 Å². The number of imidazole rings is 1. The first-order valence-corrected chi connectivity index (χ1v) is 5.78. The maximum absolute atomic E-state index is 9.96. The first-order valence-electron chi connectivity index (χ1n) is 5.78. The molecule has 0 radical (unpaired) electrons. The Morgan fingerprint density at radius 1 is 1.32 bits per heavy atom. The molecule has 9 heteroatoms. The predicted octanol–water partition coefficient (Wildman–Crippen LogP) is -1.86. The molecule has 0 bridgehead atoms. The fraction of sp³-hybridized carbons (Fsp3) is 0.600. The number of aliphatic hydroxyl groups excluding tert-OH is 3. The van der Waals surface area contributed by atoms with Crippen LogP contribution in [0.5, 0.6) is 0 Å². The second-order valence-electron chi connectivity index (χ2n) is 4.43. The lowest BCUT2D eigenvalue weighted by Gasteiger charge is -2.16. The first kappa shape index (κ1) is 12.4. The SMILES string of the molecule is Cc1nnnc2c1ncn2[C@@H]1O[C@H](CO)[C@@H](O)[C@H]1O. The molecule has 0 unspecified atom stereocenters. The van der Waals surface area contributed by atoms with E-state index < -0.39 is 24.5 Å². The van der Waals surface area contributed by atoms with Crippen molar-refractivity contribution in [3.8, 4) is 0 Å². The van der Waals surface area contributed by atoms with Gasteiger partial charge in [-0.2, -0.15) is 0 Å². The summed E-state index contributed by atoms with van der Waals surface area (Å²) in [6.07, 6.45) is -2.61. The van der Waals surface area contributed by atoms with Gasteiger partial charge in [0.15, 0.2) is 11.9 Å². The average molecular weight is 267 g/mol. The van der Waals surface area contributed by atoms with Crippen LogP contribution < -0.4 is 0 Å². The summed E-state index contributed by atoms with van der Waals surface area (Å²) in [5, 5.41) is 40.0. The molecule has 0 saturated carbocycles. The maximum atomic E-state index is 9.96. The Labute approximate surface area is 107 Å². The van der Waals surface area contributed by atoms with Crippen LogP contribution in [0.25, 0.3) is 11.2 Å². The van der Waals surface area contributed by atoms with Gasteiger partial charge >= 0.3 is 0 Å². The van der Waals surface area contributed by atoms with Crippen LogP contribution in [-0.2, 0) is 4.74 Å². The molecule has 0 aliphatic carbocycles.